The summed E-state index contributed by atoms with van der Waals surface area (Å²) in [5.74, 6) is -0.262. The largest absolute Gasteiger partial charge is 0.573 e. The van der Waals surface area contributed by atoms with Crippen LogP contribution in [-0.4, -0.2) is 12.9 Å². The molecule has 0 aliphatic heterocycles. The summed E-state index contributed by atoms with van der Waals surface area (Å²) in [5.41, 5.74) is 7.96. The Balaban J connectivity index is 2.22. The maximum Gasteiger partial charge on any atom is 0.573 e. The Bertz CT molecular complexity index is 611. The van der Waals surface area contributed by atoms with Gasteiger partial charge in [-0.15, -0.1) is 13.2 Å². The van der Waals surface area contributed by atoms with Gasteiger partial charge in [-0.25, -0.2) is 0 Å². The molecule has 0 aliphatic rings. The van der Waals surface area contributed by atoms with E-state index in [1.165, 1.54) is 24.3 Å². The predicted octanol–water partition coefficient (Wildman–Crippen LogP) is 4.41. The highest BCUT2D eigenvalue weighted by Gasteiger charge is 2.30. The third-order valence-electron chi connectivity index (χ3n) is 2.87. The van der Waals surface area contributed by atoms with Crippen LogP contribution in [0.1, 0.15) is 5.56 Å². The summed E-state index contributed by atoms with van der Waals surface area (Å²) < 4.78 is 40.1. The number of nitrogens with two attached hydrogens (primary N) is 1. The van der Waals surface area contributed by atoms with Gasteiger partial charge < -0.3 is 10.5 Å². The van der Waals surface area contributed by atoms with E-state index in [4.69, 9.17) is 17.3 Å². The molecule has 0 atom stereocenters. The zero-order valence-corrected chi connectivity index (χ0v) is 11.7. The van der Waals surface area contributed by atoms with Gasteiger partial charge in [0.25, 0.3) is 0 Å². The molecule has 0 saturated heterocycles. The summed E-state index contributed by atoms with van der Waals surface area (Å²) in [6.07, 6.45) is -3.97. The Hall–Kier alpha value is -1.72. The molecule has 0 saturated carbocycles. The van der Waals surface area contributed by atoms with Crippen LogP contribution in [0.4, 0.5) is 13.2 Å². The molecule has 0 bridgehead atoms. The Kier molecular flexibility index (Phi) is 4.75. The van der Waals surface area contributed by atoms with Gasteiger partial charge in [-0.1, -0.05) is 35.9 Å². The number of hydrogen-bond acceptors (Lipinski definition) is 2. The summed E-state index contributed by atoms with van der Waals surface area (Å²) >= 11 is 6.19. The SMILES string of the molecule is NCCc1ccc(-c2ccc(OC(F)(F)F)cc2)c(Cl)c1. The van der Waals surface area contributed by atoms with Crippen molar-refractivity contribution in [3.8, 4) is 16.9 Å². The monoisotopic (exact) mass is 315 g/mol. The Labute approximate surface area is 125 Å². The van der Waals surface area contributed by atoms with Crippen LogP contribution in [0.2, 0.25) is 5.02 Å². The second-order valence-electron chi connectivity index (χ2n) is 4.43. The normalized spacial score (nSPS) is 11.5. The summed E-state index contributed by atoms with van der Waals surface area (Å²) in [6.45, 7) is 0.527. The number of ether oxygens (including phenoxy) is 1. The first-order valence-corrected chi connectivity index (χ1v) is 6.61. The zero-order chi connectivity index (χ0) is 15.5. The van der Waals surface area contributed by atoms with Crippen molar-refractivity contribution in [3.63, 3.8) is 0 Å². The minimum atomic E-state index is -4.69. The van der Waals surface area contributed by atoms with Crippen LogP contribution in [-0.2, 0) is 6.42 Å². The molecular formula is C15H13ClF3NO. The highest BCUT2D eigenvalue weighted by atomic mass is 35.5. The Morgan fingerprint density at radius 1 is 1.05 bits per heavy atom. The van der Waals surface area contributed by atoms with Crippen molar-refractivity contribution in [2.45, 2.75) is 12.8 Å². The molecule has 0 amide bonds. The van der Waals surface area contributed by atoms with Crippen LogP contribution in [0.3, 0.4) is 0 Å². The molecule has 0 aromatic heterocycles. The lowest BCUT2D eigenvalue weighted by molar-refractivity contribution is -0.274. The maximum absolute atomic E-state index is 12.1. The van der Waals surface area contributed by atoms with Crippen LogP contribution in [0, 0.1) is 0 Å². The van der Waals surface area contributed by atoms with Gasteiger partial charge in [0.05, 0.1) is 0 Å². The van der Waals surface area contributed by atoms with E-state index in [1.807, 2.05) is 18.2 Å². The molecular weight excluding hydrogens is 303 g/mol. The summed E-state index contributed by atoms with van der Waals surface area (Å²) in [7, 11) is 0. The third kappa shape index (κ3) is 4.37. The average Bonchev–Trinajstić information content (AvgIpc) is 2.39. The molecule has 0 spiro atoms. The van der Waals surface area contributed by atoms with E-state index in [1.54, 1.807) is 0 Å². The second kappa shape index (κ2) is 6.37. The van der Waals surface area contributed by atoms with Crippen molar-refractivity contribution in [3.05, 3.63) is 53.1 Å². The first-order valence-electron chi connectivity index (χ1n) is 6.24. The minimum absolute atomic E-state index is 0.262. The third-order valence-corrected chi connectivity index (χ3v) is 3.18. The lowest BCUT2D eigenvalue weighted by Gasteiger charge is -2.10. The fourth-order valence-electron chi connectivity index (χ4n) is 1.95. The predicted molar refractivity (Wildman–Crippen MR) is 76.3 cm³/mol. The van der Waals surface area contributed by atoms with Gasteiger partial charge in [0.1, 0.15) is 5.75 Å². The van der Waals surface area contributed by atoms with Crippen molar-refractivity contribution in [1.29, 1.82) is 0 Å². The van der Waals surface area contributed by atoms with Crippen LogP contribution in [0.25, 0.3) is 11.1 Å². The molecule has 6 heteroatoms. The quantitative estimate of drug-likeness (QED) is 0.907. The lowest BCUT2D eigenvalue weighted by atomic mass is 10.0. The smallest absolute Gasteiger partial charge is 0.406 e. The topological polar surface area (TPSA) is 35.2 Å². The van der Waals surface area contributed by atoms with Crippen molar-refractivity contribution < 1.29 is 17.9 Å². The molecule has 0 aliphatic carbocycles. The molecule has 112 valence electrons. The van der Waals surface area contributed by atoms with Gasteiger partial charge in [0.15, 0.2) is 0 Å². The van der Waals surface area contributed by atoms with Gasteiger partial charge in [0.2, 0.25) is 0 Å². The summed E-state index contributed by atoms with van der Waals surface area (Å²) in [4.78, 5) is 0. The summed E-state index contributed by atoms with van der Waals surface area (Å²) in [5, 5.41) is 0.533. The molecule has 2 aromatic carbocycles. The molecule has 0 radical (unpaired) electrons. The fraction of sp³-hybridized carbons (Fsp3) is 0.200. The number of benzene rings is 2. The number of alkyl halides is 3. The van der Waals surface area contributed by atoms with E-state index in [0.29, 0.717) is 17.1 Å². The molecule has 2 rings (SSSR count). The zero-order valence-electron chi connectivity index (χ0n) is 11.0. The highest BCUT2D eigenvalue weighted by molar-refractivity contribution is 6.33. The Morgan fingerprint density at radius 2 is 1.71 bits per heavy atom. The van der Waals surface area contributed by atoms with Gasteiger partial charge >= 0.3 is 6.36 Å². The molecule has 21 heavy (non-hydrogen) atoms. The van der Waals surface area contributed by atoms with Crippen molar-refractivity contribution in [2.24, 2.45) is 5.73 Å². The van der Waals surface area contributed by atoms with Crippen molar-refractivity contribution >= 4 is 11.6 Å². The van der Waals surface area contributed by atoms with E-state index < -0.39 is 6.36 Å². The van der Waals surface area contributed by atoms with Gasteiger partial charge in [0, 0.05) is 10.6 Å². The van der Waals surface area contributed by atoms with E-state index >= 15 is 0 Å². The molecule has 2 N–H and O–H groups in total. The van der Waals surface area contributed by atoms with Crippen LogP contribution < -0.4 is 10.5 Å². The van der Waals surface area contributed by atoms with E-state index in [-0.39, 0.29) is 5.75 Å². The maximum atomic E-state index is 12.1. The van der Waals surface area contributed by atoms with E-state index in [0.717, 1.165) is 17.5 Å². The van der Waals surface area contributed by atoms with E-state index in [9.17, 15) is 13.2 Å². The number of halogens is 4. The van der Waals surface area contributed by atoms with Gasteiger partial charge in [-0.05, 0) is 42.3 Å². The second-order valence-corrected chi connectivity index (χ2v) is 4.83. The number of rotatable bonds is 4. The average molecular weight is 316 g/mol. The molecule has 0 heterocycles. The lowest BCUT2D eigenvalue weighted by Crippen LogP contribution is -2.16. The molecule has 0 unspecified atom stereocenters. The first kappa shape index (κ1) is 15.7. The highest BCUT2D eigenvalue weighted by Crippen LogP contribution is 2.31. The van der Waals surface area contributed by atoms with Crippen molar-refractivity contribution in [2.75, 3.05) is 6.54 Å². The van der Waals surface area contributed by atoms with Crippen molar-refractivity contribution in [1.82, 2.24) is 0 Å². The molecule has 2 nitrogen and oxygen atoms in total. The molecule has 0 fully saturated rings. The fourth-order valence-corrected chi connectivity index (χ4v) is 2.26. The van der Waals surface area contributed by atoms with Gasteiger partial charge in [-0.2, -0.15) is 0 Å². The standard InChI is InChI=1S/C15H13ClF3NO/c16-14-9-10(7-8-20)1-6-13(14)11-2-4-12(5-3-11)21-15(17,18)19/h1-6,9H,7-8,20H2. The van der Waals surface area contributed by atoms with Crippen LogP contribution in [0.15, 0.2) is 42.5 Å². The number of hydrogen-bond donors (Lipinski definition) is 1. The minimum Gasteiger partial charge on any atom is -0.406 e. The van der Waals surface area contributed by atoms with Crippen LogP contribution in [0.5, 0.6) is 5.75 Å². The Morgan fingerprint density at radius 3 is 2.24 bits per heavy atom. The first-order chi connectivity index (χ1) is 9.89. The summed E-state index contributed by atoms with van der Waals surface area (Å²) in [6, 6.07) is 11.1. The van der Waals surface area contributed by atoms with Crippen LogP contribution >= 0.6 is 11.6 Å². The molecule has 2 aromatic rings. The van der Waals surface area contributed by atoms with Gasteiger partial charge in [-0.3, -0.25) is 0 Å². The van der Waals surface area contributed by atoms with E-state index in [2.05, 4.69) is 4.74 Å².